The number of carbonyl (C=O) groups is 1. The summed E-state index contributed by atoms with van der Waals surface area (Å²) in [5.41, 5.74) is 0.479. The third-order valence-electron chi connectivity index (χ3n) is 2.39. The third-order valence-corrected chi connectivity index (χ3v) is 2.39. The second-order valence-electron chi connectivity index (χ2n) is 3.72. The zero-order valence-electron chi connectivity index (χ0n) is 10.3. The Morgan fingerprint density at radius 3 is 2.89 bits per heavy atom. The van der Waals surface area contributed by atoms with Crippen LogP contribution in [0.25, 0.3) is 6.08 Å². The van der Waals surface area contributed by atoms with E-state index in [0.717, 1.165) is 0 Å². The minimum atomic E-state index is -0.319. The summed E-state index contributed by atoms with van der Waals surface area (Å²) in [7, 11) is 1.46. The van der Waals surface area contributed by atoms with Gasteiger partial charge in [-0.15, -0.1) is 0 Å². The fourth-order valence-electron chi connectivity index (χ4n) is 1.50. The summed E-state index contributed by atoms with van der Waals surface area (Å²) in [6.07, 6.45) is 4.43. The molecule has 0 fully saturated rings. The highest BCUT2D eigenvalue weighted by atomic mass is 16.5. The van der Waals surface area contributed by atoms with Gasteiger partial charge in [0.1, 0.15) is 5.76 Å². The highest BCUT2D eigenvalue weighted by Gasteiger charge is 2.04. The predicted molar refractivity (Wildman–Crippen MR) is 71.0 cm³/mol. The SMILES string of the molecule is COc1ccc(NC(=O)/C=C/c2ccco2)cc1O. The molecule has 19 heavy (non-hydrogen) atoms. The van der Waals surface area contributed by atoms with Crippen molar-refractivity contribution in [2.75, 3.05) is 12.4 Å². The summed E-state index contributed by atoms with van der Waals surface area (Å²) < 4.78 is 9.97. The first-order chi connectivity index (χ1) is 9.19. The number of nitrogens with one attached hydrogen (secondary N) is 1. The number of hydrogen-bond donors (Lipinski definition) is 2. The van der Waals surface area contributed by atoms with Crippen molar-refractivity contribution in [1.82, 2.24) is 0 Å². The van der Waals surface area contributed by atoms with E-state index in [9.17, 15) is 9.90 Å². The van der Waals surface area contributed by atoms with Gasteiger partial charge in [-0.05, 0) is 30.3 Å². The summed E-state index contributed by atoms with van der Waals surface area (Å²) in [6.45, 7) is 0. The quantitative estimate of drug-likeness (QED) is 0.828. The monoisotopic (exact) mass is 259 g/mol. The number of phenolic OH excluding ortho intramolecular Hbond substituents is 1. The maximum absolute atomic E-state index is 11.6. The van der Waals surface area contributed by atoms with Crippen LogP contribution in [-0.4, -0.2) is 18.1 Å². The van der Waals surface area contributed by atoms with Crippen LogP contribution in [0.5, 0.6) is 11.5 Å². The molecule has 0 spiro atoms. The Bertz CT molecular complexity index is 587. The second-order valence-corrected chi connectivity index (χ2v) is 3.72. The lowest BCUT2D eigenvalue weighted by molar-refractivity contribution is -0.111. The van der Waals surface area contributed by atoms with E-state index >= 15 is 0 Å². The van der Waals surface area contributed by atoms with E-state index in [1.54, 1.807) is 30.3 Å². The molecule has 0 radical (unpaired) electrons. The number of methoxy groups -OCH3 is 1. The maximum Gasteiger partial charge on any atom is 0.248 e. The number of phenols is 1. The highest BCUT2D eigenvalue weighted by molar-refractivity contribution is 6.01. The van der Waals surface area contributed by atoms with Crippen molar-refractivity contribution in [1.29, 1.82) is 0 Å². The molecule has 1 heterocycles. The molecule has 0 saturated heterocycles. The minimum absolute atomic E-state index is 0.0321. The molecule has 0 unspecified atom stereocenters. The van der Waals surface area contributed by atoms with Crippen LogP contribution in [0.2, 0.25) is 0 Å². The number of anilines is 1. The fraction of sp³-hybridized carbons (Fsp3) is 0.0714. The Hall–Kier alpha value is -2.69. The molecule has 1 amide bonds. The first kappa shape index (κ1) is 12.8. The van der Waals surface area contributed by atoms with Crippen LogP contribution < -0.4 is 10.1 Å². The molecule has 0 saturated carbocycles. The van der Waals surface area contributed by atoms with Gasteiger partial charge in [-0.1, -0.05) is 0 Å². The van der Waals surface area contributed by atoms with E-state index in [1.165, 1.54) is 25.5 Å². The topological polar surface area (TPSA) is 71.7 Å². The number of rotatable bonds is 4. The summed E-state index contributed by atoms with van der Waals surface area (Å²) in [5, 5.41) is 12.2. The average molecular weight is 259 g/mol. The van der Waals surface area contributed by atoms with Gasteiger partial charge in [-0.3, -0.25) is 4.79 Å². The predicted octanol–water partition coefficient (Wildman–Crippen LogP) is 2.65. The second kappa shape index (κ2) is 5.77. The normalized spacial score (nSPS) is 10.6. The van der Waals surface area contributed by atoms with Crippen LogP contribution in [0.3, 0.4) is 0 Å². The molecule has 5 heteroatoms. The van der Waals surface area contributed by atoms with Crippen molar-refractivity contribution in [3.8, 4) is 11.5 Å². The molecular weight excluding hydrogens is 246 g/mol. The molecule has 0 aliphatic rings. The van der Waals surface area contributed by atoms with Crippen molar-refractivity contribution >= 4 is 17.7 Å². The molecule has 0 atom stereocenters. The van der Waals surface area contributed by atoms with Gasteiger partial charge in [-0.25, -0.2) is 0 Å². The van der Waals surface area contributed by atoms with Gasteiger partial charge in [-0.2, -0.15) is 0 Å². The number of ether oxygens (including phenoxy) is 1. The first-order valence-electron chi connectivity index (χ1n) is 5.58. The molecule has 2 aromatic rings. The van der Waals surface area contributed by atoms with Gasteiger partial charge in [0.2, 0.25) is 5.91 Å². The smallest absolute Gasteiger partial charge is 0.248 e. The molecule has 0 aliphatic carbocycles. The molecule has 2 N–H and O–H groups in total. The van der Waals surface area contributed by atoms with Crippen molar-refractivity contribution in [2.24, 2.45) is 0 Å². The maximum atomic E-state index is 11.6. The Morgan fingerprint density at radius 1 is 1.42 bits per heavy atom. The van der Waals surface area contributed by atoms with Gasteiger partial charge in [0, 0.05) is 17.8 Å². The van der Waals surface area contributed by atoms with Crippen LogP contribution in [0.15, 0.2) is 47.1 Å². The number of furan rings is 1. The van der Waals surface area contributed by atoms with E-state index in [-0.39, 0.29) is 11.7 Å². The van der Waals surface area contributed by atoms with Crippen LogP contribution in [0.4, 0.5) is 5.69 Å². The highest BCUT2D eigenvalue weighted by Crippen LogP contribution is 2.28. The van der Waals surface area contributed by atoms with Crippen LogP contribution in [0.1, 0.15) is 5.76 Å². The average Bonchev–Trinajstić information content (AvgIpc) is 2.90. The molecule has 1 aromatic carbocycles. The van der Waals surface area contributed by atoms with Crippen LogP contribution >= 0.6 is 0 Å². The number of aromatic hydroxyl groups is 1. The summed E-state index contributed by atoms with van der Waals surface area (Å²) in [4.78, 5) is 11.6. The third kappa shape index (κ3) is 3.38. The van der Waals surface area contributed by atoms with Crippen molar-refractivity contribution in [3.63, 3.8) is 0 Å². The molecule has 98 valence electrons. The molecule has 2 rings (SSSR count). The lowest BCUT2D eigenvalue weighted by atomic mass is 10.2. The summed E-state index contributed by atoms with van der Waals surface area (Å²) in [5.74, 6) is 0.591. The molecule has 5 nitrogen and oxygen atoms in total. The standard InChI is InChI=1S/C14H13NO4/c1-18-13-6-4-10(9-12(13)16)15-14(17)7-5-11-3-2-8-19-11/h2-9,16H,1H3,(H,15,17)/b7-5+. The summed E-state index contributed by atoms with van der Waals surface area (Å²) >= 11 is 0. The lowest BCUT2D eigenvalue weighted by Gasteiger charge is -2.06. The van der Waals surface area contributed by atoms with Crippen molar-refractivity contribution in [2.45, 2.75) is 0 Å². The van der Waals surface area contributed by atoms with E-state index < -0.39 is 0 Å². The van der Waals surface area contributed by atoms with E-state index in [1.807, 2.05) is 0 Å². The first-order valence-corrected chi connectivity index (χ1v) is 5.58. The molecule has 1 aromatic heterocycles. The van der Waals surface area contributed by atoms with E-state index in [0.29, 0.717) is 17.2 Å². The Morgan fingerprint density at radius 2 is 2.26 bits per heavy atom. The lowest BCUT2D eigenvalue weighted by Crippen LogP contribution is -2.07. The van der Waals surface area contributed by atoms with E-state index in [2.05, 4.69) is 5.32 Å². The molecule has 0 bridgehead atoms. The van der Waals surface area contributed by atoms with Crippen LogP contribution in [-0.2, 0) is 4.79 Å². The number of benzene rings is 1. The van der Waals surface area contributed by atoms with Crippen molar-refractivity contribution < 1.29 is 19.1 Å². The Labute approximate surface area is 110 Å². The number of carbonyl (C=O) groups excluding carboxylic acids is 1. The summed E-state index contributed by atoms with van der Waals surface area (Å²) in [6, 6.07) is 8.10. The zero-order valence-corrected chi connectivity index (χ0v) is 10.3. The zero-order chi connectivity index (χ0) is 13.7. The number of hydrogen-bond acceptors (Lipinski definition) is 4. The Kier molecular flexibility index (Phi) is 3.87. The van der Waals surface area contributed by atoms with Gasteiger partial charge >= 0.3 is 0 Å². The number of amides is 1. The molecule has 0 aliphatic heterocycles. The minimum Gasteiger partial charge on any atom is -0.504 e. The van der Waals surface area contributed by atoms with Crippen molar-refractivity contribution in [3.05, 3.63) is 48.4 Å². The Balaban J connectivity index is 2.01. The van der Waals surface area contributed by atoms with Gasteiger partial charge in [0.15, 0.2) is 11.5 Å². The van der Waals surface area contributed by atoms with E-state index in [4.69, 9.17) is 9.15 Å². The fourth-order valence-corrected chi connectivity index (χ4v) is 1.50. The van der Waals surface area contributed by atoms with Gasteiger partial charge < -0.3 is 19.6 Å². The van der Waals surface area contributed by atoms with Gasteiger partial charge in [0.25, 0.3) is 0 Å². The van der Waals surface area contributed by atoms with Crippen LogP contribution in [0, 0.1) is 0 Å². The largest absolute Gasteiger partial charge is 0.504 e. The molecular formula is C14H13NO4. The van der Waals surface area contributed by atoms with Gasteiger partial charge in [0.05, 0.1) is 13.4 Å².